The third-order valence-corrected chi connectivity index (χ3v) is 6.55. The highest BCUT2D eigenvalue weighted by Crippen LogP contribution is 2.30. The lowest BCUT2D eigenvalue weighted by Crippen LogP contribution is -2.35. The van der Waals surface area contributed by atoms with Crippen molar-refractivity contribution >= 4 is 5.91 Å². The first-order valence-electron chi connectivity index (χ1n) is 11.2. The molecule has 0 bridgehead atoms. The molecule has 1 aromatic carbocycles. The van der Waals surface area contributed by atoms with Gasteiger partial charge in [0.05, 0.1) is 0 Å². The Kier molecular flexibility index (Phi) is 6.34. The van der Waals surface area contributed by atoms with Gasteiger partial charge in [0.2, 0.25) is 0 Å². The highest BCUT2D eigenvalue weighted by molar-refractivity contribution is 5.93. The van der Waals surface area contributed by atoms with E-state index in [9.17, 15) is 4.79 Å². The minimum Gasteiger partial charge on any atom is -0.343 e. The van der Waals surface area contributed by atoms with Gasteiger partial charge in [0.15, 0.2) is 5.69 Å². The first-order valence-corrected chi connectivity index (χ1v) is 11.2. The Morgan fingerprint density at radius 2 is 1.90 bits per heavy atom. The zero-order valence-corrected chi connectivity index (χ0v) is 17.9. The van der Waals surface area contributed by atoms with E-state index in [1.165, 1.54) is 48.9 Å². The predicted octanol–water partition coefficient (Wildman–Crippen LogP) is 3.81. The van der Waals surface area contributed by atoms with E-state index < -0.39 is 0 Å². The Balaban J connectivity index is 1.51. The molecule has 1 saturated carbocycles. The second-order valence-corrected chi connectivity index (χ2v) is 8.97. The molecule has 1 heterocycles. The maximum atomic E-state index is 12.8. The second-order valence-electron chi connectivity index (χ2n) is 8.97. The number of aromatic nitrogens is 2. The Labute approximate surface area is 174 Å². The largest absolute Gasteiger partial charge is 0.343 e. The Morgan fingerprint density at radius 1 is 1.14 bits per heavy atom. The fraction of sp³-hybridized carbons (Fsp3) is 0.583. The van der Waals surface area contributed by atoms with Crippen LogP contribution < -0.4 is 5.32 Å². The molecule has 2 aliphatic rings. The van der Waals surface area contributed by atoms with Gasteiger partial charge in [-0.05, 0) is 43.6 Å². The summed E-state index contributed by atoms with van der Waals surface area (Å²) in [6.07, 6.45) is 9.63. The van der Waals surface area contributed by atoms with Crippen molar-refractivity contribution in [3.05, 3.63) is 52.8 Å². The summed E-state index contributed by atoms with van der Waals surface area (Å²) < 4.78 is 2.19. The van der Waals surface area contributed by atoms with Gasteiger partial charge in [-0.25, -0.2) is 0 Å². The fourth-order valence-electron chi connectivity index (χ4n) is 4.87. The number of nitrogens with zero attached hydrogens (tertiary/aromatic N) is 3. The van der Waals surface area contributed by atoms with Gasteiger partial charge in [-0.15, -0.1) is 0 Å². The van der Waals surface area contributed by atoms with E-state index in [1.807, 2.05) is 14.1 Å². The first kappa shape index (κ1) is 20.1. The van der Waals surface area contributed by atoms with E-state index in [0.29, 0.717) is 17.7 Å². The van der Waals surface area contributed by atoms with Crippen molar-refractivity contribution in [3.63, 3.8) is 0 Å². The molecule has 1 aromatic heterocycles. The molecule has 1 N–H and O–H groups in total. The molecular formula is C24H34N4O. The van der Waals surface area contributed by atoms with Crippen LogP contribution >= 0.6 is 0 Å². The van der Waals surface area contributed by atoms with Gasteiger partial charge in [-0.3, -0.25) is 9.48 Å². The van der Waals surface area contributed by atoms with Crippen LogP contribution in [0.5, 0.6) is 0 Å². The number of nitrogens with one attached hydrogen (secondary N) is 1. The van der Waals surface area contributed by atoms with Crippen LogP contribution in [0.4, 0.5) is 0 Å². The highest BCUT2D eigenvalue weighted by atomic mass is 16.2. The topological polar surface area (TPSA) is 50.2 Å². The summed E-state index contributed by atoms with van der Waals surface area (Å²) in [4.78, 5) is 14.5. The molecule has 0 aliphatic heterocycles. The molecule has 0 radical (unpaired) electrons. The van der Waals surface area contributed by atoms with Gasteiger partial charge >= 0.3 is 0 Å². The van der Waals surface area contributed by atoms with Crippen LogP contribution in [0, 0.1) is 5.92 Å². The lowest BCUT2D eigenvalue weighted by Gasteiger charge is -2.26. The summed E-state index contributed by atoms with van der Waals surface area (Å²) >= 11 is 0. The van der Waals surface area contributed by atoms with E-state index in [4.69, 9.17) is 5.10 Å². The molecule has 5 heteroatoms. The Bertz CT molecular complexity index is 821. The summed E-state index contributed by atoms with van der Waals surface area (Å²) in [5, 5.41) is 8.56. The van der Waals surface area contributed by atoms with Crippen molar-refractivity contribution < 1.29 is 4.79 Å². The first-order chi connectivity index (χ1) is 14.1. The summed E-state index contributed by atoms with van der Waals surface area (Å²) in [5.41, 5.74) is 4.46. The number of hydrogen-bond acceptors (Lipinski definition) is 3. The van der Waals surface area contributed by atoms with E-state index in [2.05, 4.69) is 40.3 Å². The average Bonchev–Trinajstić information content (AvgIpc) is 3.10. The van der Waals surface area contributed by atoms with Gasteiger partial charge in [0, 0.05) is 44.5 Å². The summed E-state index contributed by atoms with van der Waals surface area (Å²) in [7, 11) is 3.64. The Hall–Kier alpha value is -2.14. The van der Waals surface area contributed by atoms with Crippen LogP contribution in [0.2, 0.25) is 0 Å². The van der Waals surface area contributed by atoms with Gasteiger partial charge < -0.3 is 10.2 Å². The van der Waals surface area contributed by atoms with Crippen LogP contribution in [-0.4, -0.2) is 40.7 Å². The molecular weight excluding hydrogens is 360 g/mol. The lowest BCUT2D eigenvalue weighted by atomic mass is 9.88. The van der Waals surface area contributed by atoms with E-state index in [1.54, 1.807) is 4.90 Å². The van der Waals surface area contributed by atoms with Crippen molar-refractivity contribution in [1.82, 2.24) is 20.0 Å². The van der Waals surface area contributed by atoms with Crippen LogP contribution in [0.15, 0.2) is 30.3 Å². The normalized spacial score (nSPS) is 19.7. The molecule has 0 spiro atoms. The summed E-state index contributed by atoms with van der Waals surface area (Å²) in [5.74, 6) is 0.747. The highest BCUT2D eigenvalue weighted by Gasteiger charge is 2.30. The fourth-order valence-corrected chi connectivity index (χ4v) is 4.87. The third kappa shape index (κ3) is 4.72. The van der Waals surface area contributed by atoms with Crippen molar-refractivity contribution in [2.75, 3.05) is 14.1 Å². The monoisotopic (exact) mass is 394 g/mol. The quantitative estimate of drug-likeness (QED) is 0.810. The number of carbonyl (C=O) groups is 1. The van der Waals surface area contributed by atoms with E-state index in [-0.39, 0.29) is 5.91 Å². The van der Waals surface area contributed by atoms with Crippen LogP contribution in [0.25, 0.3) is 0 Å². The number of rotatable bonds is 6. The van der Waals surface area contributed by atoms with Crippen LogP contribution in [0.1, 0.15) is 65.8 Å². The molecule has 1 amide bonds. The number of carbonyl (C=O) groups excluding carboxylic acids is 1. The number of amides is 1. The minimum atomic E-state index is 0.0346. The summed E-state index contributed by atoms with van der Waals surface area (Å²) in [6.45, 7) is 1.85. The van der Waals surface area contributed by atoms with Crippen molar-refractivity contribution in [3.8, 4) is 0 Å². The van der Waals surface area contributed by atoms with Crippen LogP contribution in [0.3, 0.4) is 0 Å². The maximum absolute atomic E-state index is 12.8. The van der Waals surface area contributed by atoms with Gasteiger partial charge in [0.1, 0.15) is 0 Å². The molecule has 29 heavy (non-hydrogen) atoms. The smallest absolute Gasteiger partial charge is 0.274 e. The van der Waals surface area contributed by atoms with Crippen molar-refractivity contribution in [2.24, 2.45) is 5.92 Å². The average molecular weight is 395 g/mol. The minimum absolute atomic E-state index is 0.0346. The van der Waals surface area contributed by atoms with Crippen LogP contribution in [-0.2, 0) is 25.9 Å². The predicted molar refractivity (Wildman–Crippen MR) is 116 cm³/mol. The number of benzene rings is 1. The second kappa shape index (κ2) is 9.12. The standard InChI is InChI=1S/C24H34N4O/c1-27(2)24(29)23-21-15-20(25-16-18-9-5-3-6-10-18)13-14-22(21)28(26-23)17-19-11-7-4-8-12-19/h3,5-6,9-10,19-20,25H,4,7-8,11-17H2,1-2H3/t20-/m1/s1. The molecule has 2 aromatic rings. The van der Waals surface area contributed by atoms with Crippen molar-refractivity contribution in [2.45, 2.75) is 70.5 Å². The maximum Gasteiger partial charge on any atom is 0.274 e. The molecule has 1 fully saturated rings. The zero-order valence-electron chi connectivity index (χ0n) is 17.9. The van der Waals surface area contributed by atoms with Crippen molar-refractivity contribution in [1.29, 1.82) is 0 Å². The molecule has 0 saturated heterocycles. The van der Waals surface area contributed by atoms with Gasteiger partial charge in [-0.1, -0.05) is 49.6 Å². The van der Waals surface area contributed by atoms with E-state index >= 15 is 0 Å². The molecule has 156 valence electrons. The van der Waals surface area contributed by atoms with Gasteiger partial charge in [0.25, 0.3) is 5.91 Å². The Morgan fingerprint density at radius 3 is 2.62 bits per heavy atom. The SMILES string of the molecule is CN(C)C(=O)c1nn(CC2CCCCC2)c2c1C[C@H](NCc1ccccc1)CC2. The number of fused-ring (bicyclic) bond motifs is 1. The third-order valence-electron chi connectivity index (χ3n) is 6.55. The molecule has 0 unspecified atom stereocenters. The summed E-state index contributed by atoms with van der Waals surface area (Å²) in [6, 6.07) is 10.9. The van der Waals surface area contributed by atoms with Gasteiger partial charge in [-0.2, -0.15) is 5.10 Å². The molecule has 4 rings (SSSR count). The molecule has 5 nitrogen and oxygen atoms in total. The number of hydrogen-bond donors (Lipinski definition) is 1. The van der Waals surface area contributed by atoms with E-state index in [0.717, 1.165) is 32.4 Å². The molecule has 2 aliphatic carbocycles. The molecule has 1 atom stereocenters. The zero-order chi connectivity index (χ0) is 20.2. The lowest BCUT2D eigenvalue weighted by molar-refractivity contribution is 0.0819.